The molecular formula is C16H23NO3S. The lowest BCUT2D eigenvalue weighted by Crippen LogP contribution is -2.34. The van der Waals surface area contributed by atoms with Crippen LogP contribution in [0, 0.1) is 0 Å². The molecule has 0 amide bonds. The summed E-state index contributed by atoms with van der Waals surface area (Å²) < 4.78 is 10.9. The summed E-state index contributed by atoms with van der Waals surface area (Å²) in [7, 11) is 0. The maximum atomic E-state index is 10.1. The molecule has 0 unspecified atom stereocenters. The minimum absolute atomic E-state index is 0.135. The molecule has 0 saturated heterocycles. The van der Waals surface area contributed by atoms with Crippen LogP contribution in [0.2, 0.25) is 0 Å². The average Bonchev–Trinajstić information content (AvgIpc) is 3.10. The van der Waals surface area contributed by atoms with E-state index in [0.717, 1.165) is 12.3 Å². The SMILES string of the molecule is CC(C)OC[C@H](O)CN(Cc1ccco1)Cc1cccs1. The van der Waals surface area contributed by atoms with Crippen molar-refractivity contribution in [1.29, 1.82) is 0 Å². The van der Waals surface area contributed by atoms with Gasteiger partial charge in [0.1, 0.15) is 5.76 Å². The smallest absolute Gasteiger partial charge is 0.117 e. The second-order valence-corrected chi connectivity index (χ2v) is 6.40. The van der Waals surface area contributed by atoms with E-state index in [9.17, 15) is 5.11 Å². The molecule has 0 aliphatic rings. The molecule has 2 rings (SSSR count). The highest BCUT2D eigenvalue weighted by Crippen LogP contribution is 2.15. The Bertz CT molecular complexity index is 445. The molecule has 0 radical (unpaired) electrons. The number of furan rings is 1. The van der Waals surface area contributed by atoms with Gasteiger partial charge in [0.2, 0.25) is 0 Å². The van der Waals surface area contributed by atoms with E-state index in [1.54, 1.807) is 17.6 Å². The summed E-state index contributed by atoms with van der Waals surface area (Å²) in [6.07, 6.45) is 1.31. The maximum absolute atomic E-state index is 10.1. The van der Waals surface area contributed by atoms with Crippen LogP contribution >= 0.6 is 11.3 Å². The van der Waals surface area contributed by atoms with E-state index in [4.69, 9.17) is 9.15 Å². The molecule has 2 aromatic heterocycles. The maximum Gasteiger partial charge on any atom is 0.117 e. The van der Waals surface area contributed by atoms with Crippen LogP contribution in [0.15, 0.2) is 40.3 Å². The topological polar surface area (TPSA) is 45.8 Å². The predicted octanol–water partition coefficient (Wildman–Crippen LogP) is 3.13. The van der Waals surface area contributed by atoms with E-state index in [1.165, 1.54) is 4.88 Å². The number of rotatable bonds is 9. The Labute approximate surface area is 130 Å². The minimum Gasteiger partial charge on any atom is -0.468 e. The number of hydrogen-bond donors (Lipinski definition) is 1. The summed E-state index contributed by atoms with van der Waals surface area (Å²) in [5.41, 5.74) is 0. The Morgan fingerprint density at radius 3 is 2.76 bits per heavy atom. The molecule has 0 bridgehead atoms. The fourth-order valence-corrected chi connectivity index (χ4v) is 2.83. The zero-order valence-electron chi connectivity index (χ0n) is 12.6. The van der Waals surface area contributed by atoms with Gasteiger partial charge in [-0.05, 0) is 37.4 Å². The monoisotopic (exact) mass is 309 g/mol. The molecule has 0 saturated carbocycles. The summed E-state index contributed by atoms with van der Waals surface area (Å²) in [5.74, 6) is 0.906. The van der Waals surface area contributed by atoms with Crippen molar-refractivity contribution in [3.05, 3.63) is 46.5 Å². The van der Waals surface area contributed by atoms with Gasteiger partial charge in [0, 0.05) is 18.0 Å². The first kappa shape index (κ1) is 16.2. The van der Waals surface area contributed by atoms with Gasteiger partial charge in [0.15, 0.2) is 0 Å². The largest absolute Gasteiger partial charge is 0.468 e. The van der Waals surface area contributed by atoms with Crippen LogP contribution < -0.4 is 0 Å². The van der Waals surface area contributed by atoms with Crippen LogP contribution in [0.5, 0.6) is 0 Å². The van der Waals surface area contributed by atoms with E-state index in [0.29, 0.717) is 19.7 Å². The van der Waals surface area contributed by atoms with Crippen molar-refractivity contribution in [3.63, 3.8) is 0 Å². The molecule has 0 fully saturated rings. The Balaban J connectivity index is 1.91. The summed E-state index contributed by atoms with van der Waals surface area (Å²) >= 11 is 1.72. The Hall–Kier alpha value is -1.14. The molecular weight excluding hydrogens is 286 g/mol. The fourth-order valence-electron chi connectivity index (χ4n) is 2.09. The van der Waals surface area contributed by atoms with Crippen LogP contribution in [0.4, 0.5) is 0 Å². The Morgan fingerprint density at radius 2 is 2.14 bits per heavy atom. The second-order valence-electron chi connectivity index (χ2n) is 5.36. The second kappa shape index (κ2) is 8.34. The molecule has 21 heavy (non-hydrogen) atoms. The summed E-state index contributed by atoms with van der Waals surface area (Å²) in [6.45, 7) is 6.35. The number of hydrogen-bond acceptors (Lipinski definition) is 5. The molecule has 0 aromatic carbocycles. The predicted molar refractivity (Wildman–Crippen MR) is 84.2 cm³/mol. The van der Waals surface area contributed by atoms with Crippen LogP contribution in [0.3, 0.4) is 0 Å². The highest BCUT2D eigenvalue weighted by molar-refractivity contribution is 7.09. The Kier molecular flexibility index (Phi) is 6.45. The molecule has 5 heteroatoms. The lowest BCUT2D eigenvalue weighted by molar-refractivity contribution is -0.0112. The van der Waals surface area contributed by atoms with Crippen LogP contribution in [0.1, 0.15) is 24.5 Å². The molecule has 0 spiro atoms. The van der Waals surface area contributed by atoms with Crippen molar-refractivity contribution in [1.82, 2.24) is 4.90 Å². The highest BCUT2D eigenvalue weighted by Gasteiger charge is 2.15. The molecule has 1 N–H and O–H groups in total. The van der Waals surface area contributed by atoms with Gasteiger partial charge in [-0.3, -0.25) is 4.90 Å². The van der Waals surface area contributed by atoms with E-state index in [1.807, 2.05) is 32.0 Å². The molecule has 116 valence electrons. The van der Waals surface area contributed by atoms with Crippen LogP contribution in [-0.2, 0) is 17.8 Å². The minimum atomic E-state index is -0.498. The number of thiophene rings is 1. The van der Waals surface area contributed by atoms with Gasteiger partial charge in [-0.15, -0.1) is 11.3 Å². The molecule has 2 heterocycles. The van der Waals surface area contributed by atoms with Crippen molar-refractivity contribution >= 4 is 11.3 Å². The summed E-state index contributed by atoms with van der Waals surface area (Å²) in [6, 6.07) is 8.00. The van der Waals surface area contributed by atoms with Gasteiger partial charge in [-0.2, -0.15) is 0 Å². The first-order valence-electron chi connectivity index (χ1n) is 7.20. The number of nitrogens with zero attached hydrogens (tertiary/aromatic N) is 1. The molecule has 1 atom stereocenters. The van der Waals surface area contributed by atoms with Crippen molar-refractivity contribution in [2.24, 2.45) is 0 Å². The fraction of sp³-hybridized carbons (Fsp3) is 0.500. The van der Waals surface area contributed by atoms with Gasteiger partial charge >= 0.3 is 0 Å². The third-order valence-corrected chi connectivity index (χ3v) is 3.87. The van der Waals surface area contributed by atoms with Crippen LogP contribution in [0.25, 0.3) is 0 Å². The zero-order chi connectivity index (χ0) is 15.1. The number of aliphatic hydroxyl groups is 1. The quantitative estimate of drug-likeness (QED) is 0.773. The molecule has 0 aliphatic heterocycles. The van der Waals surface area contributed by atoms with Crippen molar-refractivity contribution in [2.75, 3.05) is 13.2 Å². The van der Waals surface area contributed by atoms with Crippen molar-refractivity contribution < 1.29 is 14.3 Å². The van der Waals surface area contributed by atoms with Crippen molar-refractivity contribution in [2.45, 2.75) is 39.1 Å². The van der Waals surface area contributed by atoms with Crippen LogP contribution in [-0.4, -0.2) is 35.4 Å². The standard InChI is InChI=1S/C16H23NO3S/c1-13(2)20-12-14(18)9-17(10-15-5-3-7-19-15)11-16-6-4-8-21-16/h3-8,13-14,18H,9-12H2,1-2H3/t14-/m1/s1. The highest BCUT2D eigenvalue weighted by atomic mass is 32.1. The molecule has 2 aromatic rings. The van der Waals surface area contributed by atoms with E-state index < -0.39 is 6.10 Å². The van der Waals surface area contributed by atoms with Gasteiger partial charge in [0.05, 0.1) is 31.6 Å². The van der Waals surface area contributed by atoms with Gasteiger partial charge < -0.3 is 14.3 Å². The first-order chi connectivity index (χ1) is 10.1. The summed E-state index contributed by atoms with van der Waals surface area (Å²) in [4.78, 5) is 3.46. The van der Waals surface area contributed by atoms with E-state index in [2.05, 4.69) is 16.3 Å². The first-order valence-corrected chi connectivity index (χ1v) is 8.08. The van der Waals surface area contributed by atoms with E-state index >= 15 is 0 Å². The lowest BCUT2D eigenvalue weighted by Gasteiger charge is -2.24. The third kappa shape index (κ3) is 6.01. The molecule has 0 aliphatic carbocycles. The average molecular weight is 309 g/mol. The van der Waals surface area contributed by atoms with Gasteiger partial charge in [-0.1, -0.05) is 6.07 Å². The van der Waals surface area contributed by atoms with E-state index in [-0.39, 0.29) is 6.10 Å². The van der Waals surface area contributed by atoms with Crippen molar-refractivity contribution in [3.8, 4) is 0 Å². The number of ether oxygens (including phenoxy) is 1. The van der Waals surface area contributed by atoms with Gasteiger partial charge in [-0.25, -0.2) is 0 Å². The van der Waals surface area contributed by atoms with Gasteiger partial charge in [0.25, 0.3) is 0 Å². The third-order valence-electron chi connectivity index (χ3n) is 3.01. The summed E-state index contributed by atoms with van der Waals surface area (Å²) in [5, 5.41) is 12.2. The Morgan fingerprint density at radius 1 is 1.29 bits per heavy atom. The lowest BCUT2D eigenvalue weighted by atomic mass is 10.3. The molecule has 4 nitrogen and oxygen atoms in total. The normalized spacial score (nSPS) is 13.2. The number of aliphatic hydroxyl groups excluding tert-OH is 1. The zero-order valence-corrected chi connectivity index (χ0v) is 13.4.